The Bertz CT molecular complexity index is 349. The van der Waals surface area contributed by atoms with Crippen molar-refractivity contribution < 1.29 is 14.3 Å². The van der Waals surface area contributed by atoms with Crippen molar-refractivity contribution in [3.8, 4) is 0 Å². The Balaban J connectivity index is 1.71. The van der Waals surface area contributed by atoms with E-state index in [0.717, 1.165) is 19.5 Å². The van der Waals surface area contributed by atoms with E-state index in [1.165, 1.54) is 4.90 Å². The Kier molecular flexibility index (Phi) is 3.11. The molecule has 4 atom stereocenters. The van der Waals surface area contributed by atoms with Gasteiger partial charge in [-0.2, -0.15) is 0 Å². The lowest BCUT2D eigenvalue weighted by Gasteiger charge is -2.36. The van der Waals surface area contributed by atoms with E-state index in [0.29, 0.717) is 31.2 Å². The van der Waals surface area contributed by atoms with Crippen molar-refractivity contribution in [2.24, 2.45) is 11.8 Å². The summed E-state index contributed by atoms with van der Waals surface area (Å²) < 4.78 is 5.41. The number of carbonyl (C=O) groups excluding carboxylic acids is 2. The van der Waals surface area contributed by atoms with Crippen molar-refractivity contribution in [2.75, 3.05) is 19.6 Å². The molecule has 3 aliphatic heterocycles. The smallest absolute Gasteiger partial charge is 0.258 e. The maximum Gasteiger partial charge on any atom is 0.258 e. The average molecular weight is 252 g/mol. The van der Waals surface area contributed by atoms with Gasteiger partial charge in [-0.3, -0.25) is 14.5 Å². The molecule has 0 saturated carbocycles. The minimum Gasteiger partial charge on any atom is -0.355 e. The number of amides is 2. The van der Waals surface area contributed by atoms with Gasteiger partial charge in [0.1, 0.15) is 12.2 Å². The van der Waals surface area contributed by atoms with Crippen LogP contribution < -0.4 is 5.32 Å². The number of morpholine rings is 1. The largest absolute Gasteiger partial charge is 0.355 e. The summed E-state index contributed by atoms with van der Waals surface area (Å²) in [7, 11) is 0. The predicted octanol–water partition coefficient (Wildman–Crippen LogP) is 0.148. The Labute approximate surface area is 107 Å². The fourth-order valence-electron chi connectivity index (χ4n) is 3.21. The Hall–Kier alpha value is -0.940. The van der Waals surface area contributed by atoms with Crippen molar-refractivity contribution in [3.05, 3.63) is 0 Å². The first-order valence-electron chi connectivity index (χ1n) is 6.88. The number of ether oxygens (including phenoxy) is 1. The van der Waals surface area contributed by atoms with Gasteiger partial charge < -0.3 is 10.1 Å². The second kappa shape index (κ2) is 4.63. The van der Waals surface area contributed by atoms with Gasteiger partial charge in [0.25, 0.3) is 11.8 Å². The molecular formula is C13H20N2O3. The fraction of sp³-hybridized carbons (Fsp3) is 0.846. The first-order chi connectivity index (χ1) is 8.66. The molecule has 2 bridgehead atoms. The van der Waals surface area contributed by atoms with Crippen molar-refractivity contribution in [1.82, 2.24) is 10.2 Å². The van der Waals surface area contributed by atoms with Crippen LogP contribution in [0, 0.1) is 11.8 Å². The summed E-state index contributed by atoms with van der Waals surface area (Å²) in [5.74, 6) is 0.718. The van der Waals surface area contributed by atoms with Gasteiger partial charge in [0.2, 0.25) is 0 Å². The quantitative estimate of drug-likeness (QED) is 0.711. The van der Waals surface area contributed by atoms with E-state index in [4.69, 9.17) is 4.74 Å². The number of nitrogens with zero attached hydrogens (tertiary/aromatic N) is 1. The summed E-state index contributed by atoms with van der Waals surface area (Å²) in [4.78, 5) is 25.7. The minimum atomic E-state index is -0.357. The van der Waals surface area contributed by atoms with Crippen LogP contribution in [0.1, 0.15) is 26.2 Å². The van der Waals surface area contributed by atoms with Crippen molar-refractivity contribution in [2.45, 2.75) is 38.4 Å². The van der Waals surface area contributed by atoms with Gasteiger partial charge in [0, 0.05) is 6.54 Å². The third-order valence-corrected chi connectivity index (χ3v) is 4.48. The van der Waals surface area contributed by atoms with Crippen molar-refractivity contribution in [1.29, 1.82) is 0 Å². The van der Waals surface area contributed by atoms with Crippen molar-refractivity contribution >= 4 is 11.8 Å². The third kappa shape index (κ3) is 1.95. The monoisotopic (exact) mass is 252 g/mol. The van der Waals surface area contributed by atoms with E-state index in [9.17, 15) is 9.59 Å². The molecule has 2 amide bonds. The average Bonchev–Trinajstić information content (AvgIpc) is 2.81. The summed E-state index contributed by atoms with van der Waals surface area (Å²) in [6.45, 7) is 4.72. The van der Waals surface area contributed by atoms with Gasteiger partial charge >= 0.3 is 0 Å². The van der Waals surface area contributed by atoms with Crippen LogP contribution in [0.3, 0.4) is 0 Å². The maximum atomic E-state index is 12.1. The van der Waals surface area contributed by atoms with Gasteiger partial charge in [-0.15, -0.1) is 0 Å². The van der Waals surface area contributed by atoms with Gasteiger partial charge in [-0.1, -0.05) is 6.92 Å². The molecule has 18 heavy (non-hydrogen) atoms. The molecule has 3 saturated heterocycles. The summed E-state index contributed by atoms with van der Waals surface area (Å²) in [5, 5.41) is 3.34. The molecule has 0 aromatic carbocycles. The Morgan fingerprint density at radius 3 is 2.50 bits per heavy atom. The zero-order chi connectivity index (χ0) is 12.7. The summed E-state index contributed by atoms with van der Waals surface area (Å²) >= 11 is 0. The number of rotatable bonds is 2. The van der Waals surface area contributed by atoms with Gasteiger partial charge in [0.15, 0.2) is 0 Å². The predicted molar refractivity (Wildman–Crippen MR) is 64.8 cm³/mol. The lowest BCUT2D eigenvalue weighted by atomic mass is 9.87. The number of imide groups is 1. The number of carbonyl (C=O) groups is 2. The number of fused-ring (bicyclic) bond motifs is 2. The zero-order valence-electron chi connectivity index (χ0n) is 10.7. The van der Waals surface area contributed by atoms with Crippen LogP contribution in [0.15, 0.2) is 0 Å². The molecule has 100 valence electrons. The van der Waals surface area contributed by atoms with Crippen LogP contribution in [-0.2, 0) is 14.3 Å². The molecule has 0 aromatic rings. The lowest BCUT2D eigenvalue weighted by molar-refractivity contribution is -0.169. The number of likely N-dealkylation sites (tertiary alicyclic amines) is 1. The topological polar surface area (TPSA) is 58.6 Å². The van der Waals surface area contributed by atoms with E-state index < -0.39 is 0 Å². The molecule has 4 unspecified atom stereocenters. The number of hydrogen-bond donors (Lipinski definition) is 1. The molecule has 3 aliphatic rings. The number of piperidine rings is 1. The molecule has 5 heteroatoms. The first-order valence-corrected chi connectivity index (χ1v) is 6.88. The van der Waals surface area contributed by atoms with Crippen LogP contribution in [0.2, 0.25) is 0 Å². The van der Waals surface area contributed by atoms with Gasteiger partial charge in [0.05, 0.1) is 0 Å². The van der Waals surface area contributed by atoms with E-state index in [2.05, 4.69) is 12.2 Å². The summed E-state index contributed by atoms with van der Waals surface area (Å²) in [6, 6.07) is 0. The van der Waals surface area contributed by atoms with Gasteiger partial charge in [-0.25, -0.2) is 0 Å². The molecule has 1 N–H and O–H groups in total. The molecule has 0 radical (unpaired) electrons. The summed E-state index contributed by atoms with van der Waals surface area (Å²) in [5.41, 5.74) is 0. The van der Waals surface area contributed by atoms with E-state index in [1.54, 1.807) is 0 Å². The second-order valence-corrected chi connectivity index (χ2v) is 5.71. The lowest BCUT2D eigenvalue weighted by Crippen LogP contribution is -2.54. The molecular weight excluding hydrogens is 232 g/mol. The third-order valence-electron chi connectivity index (χ3n) is 4.48. The molecule has 0 spiro atoms. The van der Waals surface area contributed by atoms with Crippen molar-refractivity contribution in [3.63, 3.8) is 0 Å². The zero-order valence-corrected chi connectivity index (χ0v) is 10.7. The highest BCUT2D eigenvalue weighted by Gasteiger charge is 2.47. The maximum absolute atomic E-state index is 12.1. The molecule has 3 fully saturated rings. The minimum absolute atomic E-state index is 0.112. The standard InChI is InChI=1S/C13H20N2O3/c1-8-6-14-5-4-9(8)7-15-12(16)10-2-3-11(18-10)13(15)17/h8-11,14H,2-7H2,1H3. The normalized spacial score (nSPS) is 40.4. The molecule has 3 heterocycles. The SMILES string of the molecule is CC1CNCCC1CN1C(=O)C2CCC(O2)C1=O. The number of hydrogen-bond acceptors (Lipinski definition) is 4. The van der Waals surface area contributed by atoms with Crippen LogP contribution >= 0.6 is 0 Å². The molecule has 5 nitrogen and oxygen atoms in total. The van der Waals surface area contributed by atoms with E-state index >= 15 is 0 Å². The highest BCUT2D eigenvalue weighted by Crippen LogP contribution is 2.30. The first kappa shape index (κ1) is 12.1. The molecule has 0 aliphatic carbocycles. The molecule has 0 aromatic heterocycles. The Morgan fingerprint density at radius 2 is 1.89 bits per heavy atom. The van der Waals surface area contributed by atoms with Crippen LogP contribution in [0.25, 0.3) is 0 Å². The summed E-state index contributed by atoms with van der Waals surface area (Å²) in [6.07, 6.45) is 1.73. The van der Waals surface area contributed by atoms with E-state index in [1.807, 2.05) is 0 Å². The van der Waals surface area contributed by atoms with Crippen LogP contribution in [0.5, 0.6) is 0 Å². The Morgan fingerprint density at radius 1 is 1.22 bits per heavy atom. The highest BCUT2D eigenvalue weighted by atomic mass is 16.5. The van der Waals surface area contributed by atoms with E-state index in [-0.39, 0.29) is 24.0 Å². The van der Waals surface area contributed by atoms with Crippen LogP contribution in [-0.4, -0.2) is 48.6 Å². The van der Waals surface area contributed by atoms with Crippen LogP contribution in [0.4, 0.5) is 0 Å². The molecule has 3 rings (SSSR count). The fourth-order valence-corrected chi connectivity index (χ4v) is 3.21. The second-order valence-electron chi connectivity index (χ2n) is 5.71. The van der Waals surface area contributed by atoms with Gasteiger partial charge in [-0.05, 0) is 44.2 Å². The highest BCUT2D eigenvalue weighted by molar-refractivity contribution is 6.02. The number of nitrogens with one attached hydrogen (secondary N) is 1.